The lowest BCUT2D eigenvalue weighted by Gasteiger charge is -2.29. The summed E-state index contributed by atoms with van der Waals surface area (Å²) in [6.45, 7) is 12.2. The summed E-state index contributed by atoms with van der Waals surface area (Å²) in [4.78, 5) is 2.61. The summed E-state index contributed by atoms with van der Waals surface area (Å²) in [5.41, 5.74) is 2.57. The van der Waals surface area contributed by atoms with Gasteiger partial charge in [-0.25, -0.2) is 0 Å². The highest BCUT2D eigenvalue weighted by Crippen LogP contribution is 2.30. The van der Waals surface area contributed by atoms with Crippen LogP contribution in [0.2, 0.25) is 0 Å². The Kier molecular flexibility index (Phi) is 5.65. The molecular formula is C18H30N2O. The number of likely N-dealkylation sites (N-methyl/N-ethyl adjacent to an activating group) is 1. The van der Waals surface area contributed by atoms with E-state index in [1.807, 2.05) is 0 Å². The van der Waals surface area contributed by atoms with Gasteiger partial charge < -0.3 is 10.1 Å². The summed E-state index contributed by atoms with van der Waals surface area (Å²) in [6, 6.07) is 7.47. The lowest BCUT2D eigenvalue weighted by atomic mass is 10.0. The van der Waals surface area contributed by atoms with Crippen molar-refractivity contribution in [3.63, 3.8) is 0 Å². The van der Waals surface area contributed by atoms with Gasteiger partial charge >= 0.3 is 0 Å². The number of benzene rings is 1. The summed E-state index contributed by atoms with van der Waals surface area (Å²) >= 11 is 0. The molecule has 2 rings (SSSR count). The molecule has 3 heteroatoms. The molecule has 1 N–H and O–H groups in total. The predicted octanol–water partition coefficient (Wildman–Crippen LogP) is 3.38. The van der Waals surface area contributed by atoms with Crippen LogP contribution < -0.4 is 10.1 Å². The second-order valence-corrected chi connectivity index (χ2v) is 6.50. The molecule has 1 fully saturated rings. The van der Waals surface area contributed by atoms with E-state index in [-0.39, 0.29) is 0 Å². The van der Waals surface area contributed by atoms with Crippen molar-refractivity contribution < 1.29 is 4.74 Å². The van der Waals surface area contributed by atoms with Gasteiger partial charge in [0.05, 0.1) is 7.11 Å². The van der Waals surface area contributed by atoms with Crippen molar-refractivity contribution in [2.24, 2.45) is 5.92 Å². The average Bonchev–Trinajstić information content (AvgIpc) is 2.76. The Balaban J connectivity index is 2.20. The van der Waals surface area contributed by atoms with Crippen molar-refractivity contribution in [3.8, 4) is 5.75 Å². The maximum absolute atomic E-state index is 5.58. The predicted molar refractivity (Wildman–Crippen MR) is 89.0 cm³/mol. The number of rotatable bonds is 6. The fourth-order valence-electron chi connectivity index (χ4n) is 3.52. The Morgan fingerprint density at radius 3 is 2.71 bits per heavy atom. The van der Waals surface area contributed by atoms with E-state index >= 15 is 0 Å². The van der Waals surface area contributed by atoms with E-state index in [0.717, 1.165) is 24.8 Å². The number of aryl methyl sites for hydroxylation is 1. The first-order valence-corrected chi connectivity index (χ1v) is 8.17. The van der Waals surface area contributed by atoms with Crippen LogP contribution in [-0.2, 0) is 0 Å². The molecule has 0 aliphatic carbocycles. The average molecular weight is 290 g/mol. The molecule has 1 aliphatic heterocycles. The Bertz CT molecular complexity index is 461. The van der Waals surface area contributed by atoms with Crippen LogP contribution in [-0.4, -0.2) is 37.7 Å². The van der Waals surface area contributed by atoms with Crippen molar-refractivity contribution in [2.75, 3.05) is 26.7 Å². The smallest absolute Gasteiger partial charge is 0.123 e. The molecule has 0 spiro atoms. The van der Waals surface area contributed by atoms with E-state index in [9.17, 15) is 0 Å². The first-order chi connectivity index (χ1) is 10.0. The Morgan fingerprint density at radius 2 is 2.14 bits per heavy atom. The molecule has 1 aliphatic rings. The molecule has 3 unspecified atom stereocenters. The molecule has 0 aromatic heterocycles. The number of methoxy groups -OCH3 is 1. The largest absolute Gasteiger partial charge is 0.496 e. The molecule has 0 bridgehead atoms. The van der Waals surface area contributed by atoms with Gasteiger partial charge in [0.15, 0.2) is 0 Å². The maximum Gasteiger partial charge on any atom is 0.123 e. The van der Waals surface area contributed by atoms with Gasteiger partial charge in [0.25, 0.3) is 0 Å². The number of nitrogens with one attached hydrogen (secondary N) is 1. The summed E-state index contributed by atoms with van der Waals surface area (Å²) in [5.74, 6) is 1.80. The van der Waals surface area contributed by atoms with Crippen molar-refractivity contribution in [1.29, 1.82) is 0 Å². The van der Waals surface area contributed by atoms with Crippen LogP contribution in [0.5, 0.6) is 5.75 Å². The van der Waals surface area contributed by atoms with E-state index in [2.05, 4.69) is 56.1 Å². The summed E-state index contributed by atoms with van der Waals surface area (Å²) in [7, 11) is 1.76. The molecule has 0 radical (unpaired) electrons. The van der Waals surface area contributed by atoms with E-state index in [0.29, 0.717) is 12.1 Å². The van der Waals surface area contributed by atoms with Gasteiger partial charge in [0, 0.05) is 30.7 Å². The standard InChI is InChI=1S/C18H30N2O/c1-6-19-17(12-20-11-14(3)9-15(20)4)16-10-13(2)7-8-18(16)21-5/h7-8,10,14-15,17,19H,6,9,11-12H2,1-5H3. The molecule has 0 amide bonds. The van der Waals surface area contributed by atoms with Gasteiger partial charge in [0.1, 0.15) is 5.75 Å². The zero-order valence-electron chi connectivity index (χ0n) is 14.1. The van der Waals surface area contributed by atoms with Crippen LogP contribution in [0.25, 0.3) is 0 Å². The highest BCUT2D eigenvalue weighted by Gasteiger charge is 2.29. The van der Waals surface area contributed by atoms with Gasteiger partial charge in [-0.2, -0.15) is 0 Å². The van der Waals surface area contributed by atoms with Gasteiger partial charge in [0.2, 0.25) is 0 Å². The minimum absolute atomic E-state index is 0.331. The molecule has 1 aromatic carbocycles. The Hall–Kier alpha value is -1.06. The van der Waals surface area contributed by atoms with Crippen molar-refractivity contribution in [1.82, 2.24) is 10.2 Å². The quantitative estimate of drug-likeness (QED) is 0.869. The number of hydrogen-bond donors (Lipinski definition) is 1. The van der Waals surface area contributed by atoms with Crippen LogP contribution >= 0.6 is 0 Å². The minimum atomic E-state index is 0.331. The summed E-state index contributed by atoms with van der Waals surface area (Å²) < 4.78 is 5.58. The summed E-state index contributed by atoms with van der Waals surface area (Å²) in [6.07, 6.45) is 1.31. The molecule has 118 valence electrons. The monoisotopic (exact) mass is 290 g/mol. The molecule has 21 heavy (non-hydrogen) atoms. The minimum Gasteiger partial charge on any atom is -0.496 e. The second kappa shape index (κ2) is 7.28. The molecule has 0 saturated carbocycles. The van der Waals surface area contributed by atoms with Crippen molar-refractivity contribution in [3.05, 3.63) is 29.3 Å². The van der Waals surface area contributed by atoms with Crippen LogP contribution in [0.4, 0.5) is 0 Å². The SMILES string of the molecule is CCNC(CN1CC(C)CC1C)c1cc(C)ccc1OC. The third-order valence-corrected chi connectivity index (χ3v) is 4.54. The third-order valence-electron chi connectivity index (χ3n) is 4.54. The van der Waals surface area contributed by atoms with Crippen LogP contribution in [0, 0.1) is 12.8 Å². The molecule has 3 atom stereocenters. The van der Waals surface area contributed by atoms with E-state index in [1.165, 1.54) is 24.1 Å². The van der Waals surface area contributed by atoms with E-state index in [1.54, 1.807) is 7.11 Å². The number of likely N-dealkylation sites (tertiary alicyclic amines) is 1. The molecule has 1 saturated heterocycles. The highest BCUT2D eigenvalue weighted by molar-refractivity contribution is 5.39. The molecule has 3 nitrogen and oxygen atoms in total. The van der Waals surface area contributed by atoms with Crippen LogP contribution in [0.15, 0.2) is 18.2 Å². The van der Waals surface area contributed by atoms with Crippen LogP contribution in [0.1, 0.15) is 44.4 Å². The second-order valence-electron chi connectivity index (χ2n) is 6.50. The topological polar surface area (TPSA) is 24.5 Å². The fourth-order valence-corrected chi connectivity index (χ4v) is 3.52. The molecule has 1 heterocycles. The highest BCUT2D eigenvalue weighted by atomic mass is 16.5. The first kappa shape index (κ1) is 16.3. The van der Waals surface area contributed by atoms with Gasteiger partial charge in [-0.3, -0.25) is 4.90 Å². The van der Waals surface area contributed by atoms with Gasteiger partial charge in [-0.15, -0.1) is 0 Å². The zero-order valence-corrected chi connectivity index (χ0v) is 14.1. The summed E-state index contributed by atoms with van der Waals surface area (Å²) in [5, 5.41) is 3.64. The normalized spacial score (nSPS) is 24.2. The number of hydrogen-bond acceptors (Lipinski definition) is 3. The lowest BCUT2D eigenvalue weighted by molar-refractivity contribution is 0.233. The maximum atomic E-state index is 5.58. The van der Waals surface area contributed by atoms with Crippen molar-refractivity contribution in [2.45, 2.75) is 46.2 Å². The number of nitrogens with zero attached hydrogens (tertiary/aromatic N) is 1. The van der Waals surface area contributed by atoms with Gasteiger partial charge in [-0.05, 0) is 38.8 Å². The number of ether oxygens (including phenoxy) is 1. The fraction of sp³-hybridized carbons (Fsp3) is 0.667. The van der Waals surface area contributed by atoms with E-state index in [4.69, 9.17) is 4.74 Å². The zero-order chi connectivity index (χ0) is 15.4. The Morgan fingerprint density at radius 1 is 1.38 bits per heavy atom. The van der Waals surface area contributed by atoms with E-state index < -0.39 is 0 Å². The molecule has 1 aromatic rings. The van der Waals surface area contributed by atoms with Gasteiger partial charge in [-0.1, -0.05) is 31.5 Å². The third kappa shape index (κ3) is 3.98. The Labute approximate surface area is 129 Å². The van der Waals surface area contributed by atoms with Crippen LogP contribution in [0.3, 0.4) is 0 Å². The van der Waals surface area contributed by atoms with Crippen molar-refractivity contribution >= 4 is 0 Å². The lowest BCUT2D eigenvalue weighted by Crippen LogP contribution is -2.37. The first-order valence-electron chi connectivity index (χ1n) is 8.17. The molecular weight excluding hydrogens is 260 g/mol.